The third kappa shape index (κ3) is 5.16. The molecule has 31 heavy (non-hydrogen) atoms. The van der Waals surface area contributed by atoms with Gasteiger partial charge in [0.15, 0.2) is 0 Å². The van der Waals surface area contributed by atoms with Crippen LogP contribution < -0.4 is 15.0 Å². The average Bonchev–Trinajstić information content (AvgIpc) is 2.75. The average molecular weight is 448 g/mol. The monoisotopic (exact) mass is 447 g/mol. The van der Waals surface area contributed by atoms with Gasteiger partial charge in [0.25, 0.3) is 0 Å². The van der Waals surface area contributed by atoms with Crippen LogP contribution in [-0.2, 0) is 16.6 Å². The van der Waals surface area contributed by atoms with Gasteiger partial charge in [-0.15, -0.1) is 0 Å². The van der Waals surface area contributed by atoms with Crippen molar-refractivity contribution in [1.29, 1.82) is 0 Å². The number of piperidine rings is 1. The lowest BCUT2D eigenvalue weighted by atomic mass is 9.96. The molecular weight excluding hydrogens is 414 g/mol. The van der Waals surface area contributed by atoms with Crippen LogP contribution in [0.1, 0.15) is 41.4 Å². The number of hydrogen-bond donors (Lipinski definition) is 1. The summed E-state index contributed by atoms with van der Waals surface area (Å²) in [4.78, 5) is 11.4. The molecule has 1 saturated heterocycles. The molecule has 1 N–H and O–H groups in total. The Morgan fingerprint density at radius 2 is 1.84 bits per heavy atom. The molecule has 0 aliphatic carbocycles. The van der Waals surface area contributed by atoms with Crippen molar-refractivity contribution < 1.29 is 13.2 Å². The number of methoxy groups -OCH3 is 1. The number of anilines is 1. The Kier molecular flexibility index (Phi) is 7.18. The Balaban J connectivity index is 1.94. The van der Waals surface area contributed by atoms with Gasteiger partial charge in [-0.25, -0.2) is 18.4 Å². The van der Waals surface area contributed by atoms with E-state index in [9.17, 15) is 8.42 Å². The van der Waals surface area contributed by atoms with Crippen molar-refractivity contribution in [3.63, 3.8) is 0 Å². The molecule has 1 aromatic carbocycles. The van der Waals surface area contributed by atoms with E-state index in [4.69, 9.17) is 9.72 Å². The third-order valence-electron chi connectivity index (χ3n) is 5.78. The van der Waals surface area contributed by atoms with Crippen LogP contribution in [0.4, 0.5) is 5.82 Å². The zero-order valence-electron chi connectivity index (χ0n) is 19.3. The van der Waals surface area contributed by atoms with Gasteiger partial charge in [0.2, 0.25) is 10.0 Å². The predicted molar refractivity (Wildman–Crippen MR) is 122 cm³/mol. The van der Waals surface area contributed by atoms with Gasteiger partial charge in [-0.05, 0) is 56.5 Å². The molecule has 0 bridgehead atoms. The maximum Gasteiger partial charge on any atom is 0.246 e. The van der Waals surface area contributed by atoms with Crippen molar-refractivity contribution in [1.82, 2.24) is 19.6 Å². The van der Waals surface area contributed by atoms with Crippen LogP contribution in [-0.4, -0.2) is 64.0 Å². The summed E-state index contributed by atoms with van der Waals surface area (Å²) in [6.45, 7) is 5.79. The van der Waals surface area contributed by atoms with Gasteiger partial charge in [-0.1, -0.05) is 0 Å². The van der Waals surface area contributed by atoms with Gasteiger partial charge in [-0.3, -0.25) is 0 Å². The highest BCUT2D eigenvalue weighted by Gasteiger charge is 2.27. The number of aromatic nitrogens is 2. The van der Waals surface area contributed by atoms with Crippen molar-refractivity contribution in [2.24, 2.45) is 0 Å². The molecular formula is C22H33N5O3S. The van der Waals surface area contributed by atoms with Gasteiger partial charge in [-0.2, -0.15) is 4.31 Å². The predicted octanol–water partition coefficient (Wildman–Crippen LogP) is 2.46. The number of aryl methyl sites for hydroxylation is 2. The highest BCUT2D eigenvalue weighted by molar-refractivity contribution is 7.89. The van der Waals surface area contributed by atoms with Gasteiger partial charge in [0.1, 0.15) is 22.3 Å². The number of nitrogens with zero attached hydrogens (tertiary/aromatic N) is 4. The van der Waals surface area contributed by atoms with Gasteiger partial charge in [0, 0.05) is 39.7 Å². The van der Waals surface area contributed by atoms with Gasteiger partial charge in [0.05, 0.1) is 19.3 Å². The number of nitrogens with one attached hydrogen (secondary N) is 1. The Labute approximate surface area is 185 Å². The van der Waals surface area contributed by atoms with E-state index < -0.39 is 10.0 Å². The minimum Gasteiger partial charge on any atom is -0.495 e. The van der Waals surface area contributed by atoms with Gasteiger partial charge < -0.3 is 15.0 Å². The molecule has 170 valence electrons. The standard InChI is InChI=1S/C22H33N5O3S/c1-15-10-19(30-6)20(11-16(15)2)31(28,29)27(5)14-21-24-18(12-22(25-21)26(3)4)17-8-7-9-23-13-17/h10-12,17,23H,7-9,13-14H2,1-6H3. The molecule has 1 aliphatic heterocycles. The molecule has 1 unspecified atom stereocenters. The lowest BCUT2D eigenvalue weighted by molar-refractivity contribution is 0.396. The fourth-order valence-corrected chi connectivity index (χ4v) is 5.04. The molecule has 9 heteroatoms. The maximum absolute atomic E-state index is 13.4. The number of hydrogen-bond acceptors (Lipinski definition) is 7. The molecule has 0 saturated carbocycles. The zero-order valence-corrected chi connectivity index (χ0v) is 20.1. The van der Waals surface area contributed by atoms with Crippen LogP contribution in [0.5, 0.6) is 5.75 Å². The summed E-state index contributed by atoms with van der Waals surface area (Å²) in [7, 11) is 3.10. The Morgan fingerprint density at radius 3 is 2.45 bits per heavy atom. The van der Waals surface area contributed by atoms with E-state index in [0.717, 1.165) is 48.6 Å². The highest BCUT2D eigenvalue weighted by atomic mass is 32.2. The molecule has 1 aromatic heterocycles. The highest BCUT2D eigenvalue weighted by Crippen LogP contribution is 2.30. The second kappa shape index (κ2) is 9.50. The van der Waals surface area contributed by atoms with E-state index in [2.05, 4.69) is 10.3 Å². The van der Waals surface area contributed by atoms with E-state index in [1.807, 2.05) is 38.9 Å². The summed E-state index contributed by atoms with van der Waals surface area (Å²) >= 11 is 0. The minimum atomic E-state index is -3.79. The number of sulfonamides is 1. The number of benzene rings is 1. The van der Waals surface area contributed by atoms with Crippen molar-refractivity contribution >= 4 is 15.8 Å². The summed E-state index contributed by atoms with van der Waals surface area (Å²) in [5.74, 6) is 1.91. The topological polar surface area (TPSA) is 87.7 Å². The zero-order chi connectivity index (χ0) is 22.8. The molecule has 2 heterocycles. The van der Waals surface area contributed by atoms with Crippen LogP contribution in [0, 0.1) is 13.8 Å². The van der Waals surface area contributed by atoms with Crippen LogP contribution in [0.2, 0.25) is 0 Å². The molecule has 0 spiro atoms. The van der Waals surface area contributed by atoms with Crippen molar-refractivity contribution in [3.8, 4) is 5.75 Å². The summed E-state index contributed by atoms with van der Waals surface area (Å²) in [5.41, 5.74) is 2.83. The first kappa shape index (κ1) is 23.4. The van der Waals surface area contributed by atoms with E-state index in [1.165, 1.54) is 11.4 Å². The summed E-state index contributed by atoms with van der Waals surface area (Å²) in [6, 6.07) is 5.42. The molecule has 2 aromatic rings. The molecule has 1 aliphatic rings. The van der Waals surface area contributed by atoms with Crippen LogP contribution in [0.25, 0.3) is 0 Å². The Morgan fingerprint density at radius 1 is 1.13 bits per heavy atom. The number of ether oxygens (including phenoxy) is 1. The van der Waals surface area contributed by atoms with E-state index in [1.54, 1.807) is 19.2 Å². The largest absolute Gasteiger partial charge is 0.495 e. The third-order valence-corrected chi connectivity index (χ3v) is 7.61. The smallest absolute Gasteiger partial charge is 0.246 e. The van der Waals surface area contributed by atoms with Crippen LogP contribution in [0.15, 0.2) is 23.1 Å². The fourth-order valence-electron chi connectivity index (χ4n) is 3.69. The van der Waals surface area contributed by atoms with Gasteiger partial charge >= 0.3 is 0 Å². The Hall–Kier alpha value is -2.23. The number of rotatable bonds is 7. The quantitative estimate of drug-likeness (QED) is 0.697. The van der Waals surface area contributed by atoms with E-state index in [0.29, 0.717) is 17.5 Å². The fraction of sp³-hybridized carbons (Fsp3) is 0.545. The van der Waals surface area contributed by atoms with Crippen LogP contribution in [0.3, 0.4) is 0 Å². The molecule has 1 atom stereocenters. The second-order valence-electron chi connectivity index (χ2n) is 8.35. The first-order valence-corrected chi connectivity index (χ1v) is 11.9. The first-order chi connectivity index (χ1) is 14.6. The van der Waals surface area contributed by atoms with E-state index in [-0.39, 0.29) is 11.4 Å². The normalized spacial score (nSPS) is 17.1. The molecule has 3 rings (SSSR count). The Bertz CT molecular complexity index is 1030. The molecule has 0 amide bonds. The lowest BCUT2D eigenvalue weighted by Gasteiger charge is -2.25. The van der Waals surface area contributed by atoms with Crippen molar-refractivity contribution in [3.05, 3.63) is 40.8 Å². The molecule has 8 nitrogen and oxygen atoms in total. The van der Waals surface area contributed by atoms with Crippen LogP contribution >= 0.6 is 0 Å². The lowest BCUT2D eigenvalue weighted by Crippen LogP contribution is -2.31. The SMILES string of the molecule is COc1cc(C)c(C)cc1S(=O)(=O)N(C)Cc1nc(C2CCCNC2)cc(N(C)C)n1. The van der Waals surface area contributed by atoms with Crippen molar-refractivity contribution in [2.75, 3.05) is 46.2 Å². The molecule has 0 radical (unpaired) electrons. The summed E-state index contributed by atoms with van der Waals surface area (Å²) in [5, 5.41) is 3.42. The van der Waals surface area contributed by atoms with E-state index >= 15 is 0 Å². The minimum absolute atomic E-state index is 0.0766. The second-order valence-corrected chi connectivity index (χ2v) is 10.4. The first-order valence-electron chi connectivity index (χ1n) is 10.5. The summed E-state index contributed by atoms with van der Waals surface area (Å²) in [6.07, 6.45) is 2.16. The summed E-state index contributed by atoms with van der Waals surface area (Å²) < 4.78 is 33.4. The van der Waals surface area contributed by atoms with Crippen molar-refractivity contribution in [2.45, 2.75) is 44.0 Å². The maximum atomic E-state index is 13.4. The molecule has 1 fully saturated rings.